The fourth-order valence-electron chi connectivity index (χ4n) is 3.33. The molecule has 0 bridgehead atoms. The molecule has 4 aromatic rings. The molecule has 0 atom stereocenters. The van der Waals surface area contributed by atoms with Gasteiger partial charge >= 0.3 is 0 Å². The first kappa shape index (κ1) is 18.7. The second-order valence-electron chi connectivity index (χ2n) is 6.30. The van der Waals surface area contributed by atoms with Crippen LogP contribution >= 0.6 is 11.3 Å². The zero-order chi connectivity index (χ0) is 19.7. The zero-order valence-electron chi connectivity index (χ0n) is 15.2. The van der Waals surface area contributed by atoms with Crippen molar-refractivity contribution in [1.29, 1.82) is 0 Å². The van der Waals surface area contributed by atoms with E-state index in [0.29, 0.717) is 5.69 Å². The number of benzene rings is 2. The number of thiophene rings is 1. The molecule has 144 valence electrons. The van der Waals surface area contributed by atoms with E-state index in [4.69, 9.17) is 0 Å². The lowest BCUT2D eigenvalue weighted by Gasteiger charge is -2.08. The van der Waals surface area contributed by atoms with Gasteiger partial charge in [0.15, 0.2) is 0 Å². The summed E-state index contributed by atoms with van der Waals surface area (Å²) in [6.45, 7) is 2.62. The van der Waals surface area contributed by atoms with Crippen LogP contribution in [-0.4, -0.2) is 25.4 Å². The second kappa shape index (κ2) is 7.38. The highest BCUT2D eigenvalue weighted by Crippen LogP contribution is 2.30. The molecule has 0 radical (unpaired) electrons. The molecule has 0 spiro atoms. The summed E-state index contributed by atoms with van der Waals surface area (Å²) in [6.07, 6.45) is 0. The van der Waals surface area contributed by atoms with Gasteiger partial charge in [0.05, 0.1) is 6.54 Å². The molecule has 0 saturated heterocycles. The Balaban J connectivity index is 1.55. The van der Waals surface area contributed by atoms with Crippen molar-refractivity contribution >= 4 is 54.8 Å². The Morgan fingerprint density at radius 1 is 1.04 bits per heavy atom. The van der Waals surface area contributed by atoms with E-state index in [1.54, 1.807) is 11.4 Å². The van der Waals surface area contributed by atoms with E-state index in [-0.39, 0.29) is 10.8 Å². The largest absolute Gasteiger partial charge is 0.341 e. The Morgan fingerprint density at radius 3 is 2.57 bits per heavy atom. The van der Waals surface area contributed by atoms with E-state index in [2.05, 4.69) is 33.7 Å². The summed E-state index contributed by atoms with van der Waals surface area (Å²) < 4.78 is 29.0. The smallest absolute Gasteiger partial charge is 0.250 e. The van der Waals surface area contributed by atoms with Gasteiger partial charge in [-0.05, 0) is 42.6 Å². The quantitative estimate of drug-likeness (QED) is 0.505. The molecule has 0 saturated carbocycles. The van der Waals surface area contributed by atoms with Gasteiger partial charge in [0, 0.05) is 34.0 Å². The third-order valence-corrected chi connectivity index (χ3v) is 7.35. The summed E-state index contributed by atoms with van der Waals surface area (Å²) in [7, 11) is -3.66. The number of hydrogen-bond donors (Lipinski definition) is 2. The topological polar surface area (TPSA) is 80.2 Å². The van der Waals surface area contributed by atoms with Crippen LogP contribution in [0, 0.1) is 0 Å². The van der Waals surface area contributed by atoms with Crippen molar-refractivity contribution in [2.45, 2.75) is 17.7 Å². The van der Waals surface area contributed by atoms with Gasteiger partial charge in [0.2, 0.25) is 5.91 Å². The lowest BCUT2D eigenvalue weighted by atomic mass is 10.1. The Morgan fingerprint density at radius 2 is 1.82 bits per heavy atom. The van der Waals surface area contributed by atoms with Crippen LogP contribution in [0.1, 0.15) is 6.92 Å². The average Bonchev–Trinajstić information content (AvgIpc) is 3.33. The van der Waals surface area contributed by atoms with E-state index in [1.807, 2.05) is 30.3 Å². The van der Waals surface area contributed by atoms with Crippen LogP contribution in [-0.2, 0) is 21.4 Å². The van der Waals surface area contributed by atoms with Gasteiger partial charge in [-0.2, -0.15) is 0 Å². The third-order valence-electron chi connectivity index (χ3n) is 4.56. The molecule has 2 N–H and O–H groups in total. The highest BCUT2D eigenvalue weighted by Gasteiger charge is 2.17. The summed E-state index contributed by atoms with van der Waals surface area (Å²) >= 11 is 1.11. The zero-order valence-corrected chi connectivity index (χ0v) is 16.8. The van der Waals surface area contributed by atoms with Crippen LogP contribution in [0.5, 0.6) is 0 Å². The van der Waals surface area contributed by atoms with Gasteiger partial charge in [0.1, 0.15) is 4.21 Å². The molecule has 0 aliphatic carbocycles. The molecule has 1 amide bonds. The molecule has 2 aromatic heterocycles. The van der Waals surface area contributed by atoms with Crippen molar-refractivity contribution in [3.05, 3.63) is 60.0 Å². The Bertz CT molecular complexity index is 1260. The molecule has 2 aromatic carbocycles. The van der Waals surface area contributed by atoms with Crippen molar-refractivity contribution < 1.29 is 13.2 Å². The van der Waals surface area contributed by atoms with Crippen molar-refractivity contribution in [2.75, 3.05) is 11.9 Å². The monoisotopic (exact) mass is 413 g/mol. The maximum absolute atomic E-state index is 12.2. The van der Waals surface area contributed by atoms with Crippen LogP contribution in [0.4, 0.5) is 5.69 Å². The molecule has 8 heteroatoms. The number of fused-ring (bicyclic) bond motifs is 3. The summed E-state index contributed by atoms with van der Waals surface area (Å²) in [6, 6.07) is 17.0. The van der Waals surface area contributed by atoms with E-state index in [0.717, 1.165) is 39.7 Å². The first-order valence-corrected chi connectivity index (χ1v) is 11.2. The Kier molecular flexibility index (Phi) is 4.92. The normalized spacial score (nSPS) is 11.9. The highest BCUT2D eigenvalue weighted by atomic mass is 32.2. The standard InChI is InChI=1S/C20H19N3O3S2/c1-2-23-17-7-4-3-6-15(17)16-12-14(9-10-18(16)23)22-19(24)13-21-28(25,26)20-8-5-11-27-20/h3-12,21H,2,13H2,1H3,(H,22,24). The predicted octanol–water partition coefficient (Wildman–Crippen LogP) is 3.79. The van der Waals surface area contributed by atoms with Gasteiger partial charge in [-0.1, -0.05) is 24.3 Å². The van der Waals surface area contributed by atoms with Crippen molar-refractivity contribution in [2.24, 2.45) is 0 Å². The molecule has 0 aliphatic rings. The van der Waals surface area contributed by atoms with Gasteiger partial charge in [-0.25, -0.2) is 13.1 Å². The molecule has 0 aliphatic heterocycles. The summed E-state index contributed by atoms with van der Waals surface area (Å²) in [5.41, 5.74) is 2.87. The van der Waals surface area contributed by atoms with Crippen LogP contribution in [0.25, 0.3) is 21.8 Å². The van der Waals surface area contributed by atoms with Crippen molar-refractivity contribution in [3.63, 3.8) is 0 Å². The number of aromatic nitrogens is 1. The summed E-state index contributed by atoms with van der Waals surface area (Å²) in [5, 5.41) is 6.62. The first-order valence-electron chi connectivity index (χ1n) is 8.83. The number of hydrogen-bond acceptors (Lipinski definition) is 4. The van der Waals surface area contributed by atoms with E-state index in [1.165, 1.54) is 6.07 Å². The highest BCUT2D eigenvalue weighted by molar-refractivity contribution is 7.91. The lowest BCUT2D eigenvalue weighted by Crippen LogP contribution is -2.32. The fraction of sp³-hybridized carbons (Fsp3) is 0.150. The van der Waals surface area contributed by atoms with Crippen molar-refractivity contribution in [3.8, 4) is 0 Å². The van der Waals surface area contributed by atoms with E-state index < -0.39 is 15.9 Å². The lowest BCUT2D eigenvalue weighted by molar-refractivity contribution is -0.115. The molecule has 4 rings (SSSR count). The van der Waals surface area contributed by atoms with Gasteiger partial charge < -0.3 is 9.88 Å². The maximum Gasteiger partial charge on any atom is 0.250 e. The van der Waals surface area contributed by atoms with E-state index in [9.17, 15) is 13.2 Å². The summed E-state index contributed by atoms with van der Waals surface area (Å²) in [4.78, 5) is 12.2. The number of nitrogens with one attached hydrogen (secondary N) is 2. The minimum absolute atomic E-state index is 0.189. The van der Waals surface area contributed by atoms with Gasteiger partial charge in [-0.15, -0.1) is 11.3 Å². The number of anilines is 1. The fourth-order valence-corrected chi connectivity index (χ4v) is 5.35. The van der Waals surface area contributed by atoms with Gasteiger partial charge in [-0.3, -0.25) is 4.79 Å². The van der Waals surface area contributed by atoms with Crippen LogP contribution < -0.4 is 10.0 Å². The third kappa shape index (κ3) is 3.42. The van der Waals surface area contributed by atoms with Crippen LogP contribution in [0.15, 0.2) is 64.2 Å². The molecule has 0 unspecified atom stereocenters. The molecular weight excluding hydrogens is 394 g/mol. The number of rotatable bonds is 6. The number of sulfonamides is 1. The number of amides is 1. The average molecular weight is 414 g/mol. The Hall–Kier alpha value is -2.68. The number of carbonyl (C=O) groups is 1. The number of carbonyl (C=O) groups excluding carboxylic acids is 1. The minimum atomic E-state index is -3.66. The Labute approximate surface area is 166 Å². The van der Waals surface area contributed by atoms with E-state index >= 15 is 0 Å². The number of para-hydroxylation sites is 1. The maximum atomic E-state index is 12.2. The molecule has 0 fully saturated rings. The van der Waals surface area contributed by atoms with Gasteiger partial charge in [0.25, 0.3) is 10.0 Å². The number of aryl methyl sites for hydroxylation is 1. The van der Waals surface area contributed by atoms with Crippen LogP contribution in [0.3, 0.4) is 0 Å². The molecular formula is C20H19N3O3S2. The SMILES string of the molecule is CCn1c2ccccc2c2cc(NC(=O)CNS(=O)(=O)c3cccs3)ccc21. The number of nitrogens with zero attached hydrogens (tertiary/aromatic N) is 1. The summed E-state index contributed by atoms with van der Waals surface area (Å²) in [5.74, 6) is -0.418. The second-order valence-corrected chi connectivity index (χ2v) is 9.24. The molecule has 2 heterocycles. The molecule has 28 heavy (non-hydrogen) atoms. The molecule has 6 nitrogen and oxygen atoms in total. The first-order chi connectivity index (χ1) is 13.5. The predicted molar refractivity (Wildman–Crippen MR) is 113 cm³/mol. The minimum Gasteiger partial charge on any atom is -0.341 e. The van der Waals surface area contributed by atoms with Crippen molar-refractivity contribution in [1.82, 2.24) is 9.29 Å². The van der Waals surface area contributed by atoms with Crippen LogP contribution in [0.2, 0.25) is 0 Å².